The first kappa shape index (κ1) is 24.0. The van der Waals surface area contributed by atoms with Crippen LogP contribution in [0.4, 0.5) is 14.5 Å². The lowest BCUT2D eigenvalue weighted by Crippen LogP contribution is -2.17. The fraction of sp³-hybridized carbons (Fsp3) is 0.167. The van der Waals surface area contributed by atoms with Crippen molar-refractivity contribution in [2.24, 2.45) is 5.92 Å². The molecule has 1 aliphatic rings. The Morgan fingerprint density at radius 3 is 2.24 bits per heavy atom. The molecule has 0 spiro atoms. The summed E-state index contributed by atoms with van der Waals surface area (Å²) in [5, 5.41) is 2.86. The minimum Gasteiger partial charge on any atom is -0.326 e. The van der Waals surface area contributed by atoms with Crippen LogP contribution in [0.3, 0.4) is 0 Å². The normalized spacial score (nSPS) is 18.6. The second-order valence-electron chi connectivity index (χ2n) is 7.71. The number of anilines is 1. The summed E-state index contributed by atoms with van der Waals surface area (Å²) in [4.78, 5) is 25.6. The molecule has 1 fully saturated rings. The van der Waals surface area contributed by atoms with Crippen molar-refractivity contribution in [3.8, 4) is 0 Å². The molecule has 3 aromatic carbocycles. The minimum absolute atomic E-state index is 0.0106. The number of alkyl halides is 2. The van der Waals surface area contributed by atoms with E-state index in [1.165, 1.54) is 48.5 Å². The standard InChI is InChI=1S/C24H15Cl4F2NO2/c25-17-8-6-15(11-16(17)20(32)9-12-1-4-14(29)5-2-12)31-23(33)22-21(24(22,27)28)13-3-7-18(26)19(30)10-13/h1-8,10-11,21-22H,9H2,(H,31,33). The Morgan fingerprint density at radius 1 is 0.909 bits per heavy atom. The Kier molecular flexibility index (Phi) is 6.70. The molecular weight excluding hydrogens is 514 g/mol. The second-order valence-corrected chi connectivity index (χ2v) is 9.97. The van der Waals surface area contributed by atoms with Crippen LogP contribution < -0.4 is 5.32 Å². The Bertz CT molecular complexity index is 1250. The zero-order chi connectivity index (χ0) is 23.9. The van der Waals surface area contributed by atoms with Gasteiger partial charge in [0.15, 0.2) is 5.78 Å². The number of Topliss-reactive ketones (excluding diaryl/α,β-unsaturated/α-hetero) is 1. The van der Waals surface area contributed by atoms with Crippen LogP contribution in [0.15, 0.2) is 60.7 Å². The van der Waals surface area contributed by atoms with Gasteiger partial charge in [0.1, 0.15) is 16.0 Å². The van der Waals surface area contributed by atoms with Crippen molar-refractivity contribution in [2.45, 2.75) is 16.7 Å². The van der Waals surface area contributed by atoms with E-state index in [-0.39, 0.29) is 27.8 Å². The smallest absolute Gasteiger partial charge is 0.231 e. The molecule has 0 saturated heterocycles. The molecular formula is C24H15Cl4F2NO2. The van der Waals surface area contributed by atoms with Gasteiger partial charge in [0.05, 0.1) is 16.0 Å². The molecule has 3 aromatic rings. The van der Waals surface area contributed by atoms with Crippen LogP contribution in [0.1, 0.15) is 27.4 Å². The van der Waals surface area contributed by atoms with E-state index in [1.54, 1.807) is 12.1 Å². The van der Waals surface area contributed by atoms with Crippen molar-refractivity contribution in [3.63, 3.8) is 0 Å². The lowest BCUT2D eigenvalue weighted by atomic mass is 10.0. The second kappa shape index (κ2) is 9.22. The number of ketones is 1. The summed E-state index contributed by atoms with van der Waals surface area (Å²) in [7, 11) is 0. The van der Waals surface area contributed by atoms with Gasteiger partial charge in [0.25, 0.3) is 0 Å². The summed E-state index contributed by atoms with van der Waals surface area (Å²) in [5.74, 6) is -3.28. The molecule has 9 heteroatoms. The summed E-state index contributed by atoms with van der Waals surface area (Å²) in [6, 6.07) is 14.2. The van der Waals surface area contributed by atoms with Gasteiger partial charge in [0, 0.05) is 23.6 Å². The molecule has 1 aliphatic carbocycles. The molecule has 0 heterocycles. The summed E-state index contributed by atoms with van der Waals surface area (Å²) < 4.78 is 25.5. The number of carbonyl (C=O) groups excluding carboxylic acids is 2. The van der Waals surface area contributed by atoms with E-state index in [2.05, 4.69) is 5.32 Å². The summed E-state index contributed by atoms with van der Waals surface area (Å²) in [6.07, 6.45) is 0.0106. The van der Waals surface area contributed by atoms with Crippen molar-refractivity contribution in [1.82, 2.24) is 0 Å². The summed E-state index contributed by atoms with van der Waals surface area (Å²) in [6.45, 7) is 0. The van der Waals surface area contributed by atoms with Crippen molar-refractivity contribution in [2.75, 3.05) is 5.32 Å². The Balaban J connectivity index is 1.50. The van der Waals surface area contributed by atoms with Gasteiger partial charge in [0.2, 0.25) is 5.91 Å². The first-order chi connectivity index (χ1) is 15.6. The third-order valence-corrected chi connectivity index (χ3v) is 7.03. The number of hydrogen-bond acceptors (Lipinski definition) is 2. The van der Waals surface area contributed by atoms with E-state index >= 15 is 0 Å². The van der Waals surface area contributed by atoms with Crippen molar-refractivity contribution >= 4 is 63.8 Å². The zero-order valence-corrected chi connectivity index (χ0v) is 19.7. The number of halogens is 6. The molecule has 170 valence electrons. The predicted octanol–water partition coefficient (Wildman–Crippen LogP) is 7.22. The Morgan fingerprint density at radius 2 is 1.58 bits per heavy atom. The van der Waals surface area contributed by atoms with Gasteiger partial charge in [-0.25, -0.2) is 8.78 Å². The SMILES string of the molecule is O=C(Cc1ccc(F)cc1)c1cc(NC(=O)C2C(c3ccc(Cl)c(F)c3)C2(Cl)Cl)ccc1Cl. The van der Waals surface area contributed by atoms with Crippen LogP contribution in [0.5, 0.6) is 0 Å². The third-order valence-electron chi connectivity index (χ3n) is 5.45. The molecule has 1 amide bonds. The molecule has 0 aliphatic heterocycles. The molecule has 3 nitrogen and oxygen atoms in total. The maximum absolute atomic E-state index is 13.8. The Hall–Kier alpha value is -2.18. The van der Waals surface area contributed by atoms with E-state index in [4.69, 9.17) is 46.4 Å². The van der Waals surface area contributed by atoms with Crippen LogP contribution in [-0.2, 0) is 11.2 Å². The topological polar surface area (TPSA) is 46.2 Å². The number of carbonyl (C=O) groups is 2. The molecule has 0 bridgehead atoms. The summed E-state index contributed by atoms with van der Waals surface area (Å²) in [5.41, 5.74) is 1.60. The molecule has 1 N–H and O–H groups in total. The highest BCUT2D eigenvalue weighted by molar-refractivity contribution is 6.53. The fourth-order valence-electron chi connectivity index (χ4n) is 3.69. The monoisotopic (exact) mass is 527 g/mol. The van der Waals surface area contributed by atoms with E-state index in [0.29, 0.717) is 16.8 Å². The van der Waals surface area contributed by atoms with Crippen LogP contribution in [-0.4, -0.2) is 16.0 Å². The quantitative estimate of drug-likeness (QED) is 0.271. The van der Waals surface area contributed by atoms with Gasteiger partial charge in [-0.05, 0) is 53.6 Å². The fourth-order valence-corrected chi connectivity index (χ4v) is 4.86. The maximum Gasteiger partial charge on any atom is 0.231 e. The highest BCUT2D eigenvalue weighted by Crippen LogP contribution is 2.65. The molecule has 0 radical (unpaired) electrons. The van der Waals surface area contributed by atoms with Gasteiger partial charge in [-0.15, -0.1) is 23.2 Å². The van der Waals surface area contributed by atoms with Gasteiger partial charge in [-0.1, -0.05) is 41.4 Å². The highest BCUT2D eigenvalue weighted by atomic mass is 35.5. The van der Waals surface area contributed by atoms with Gasteiger partial charge in [-0.2, -0.15) is 0 Å². The van der Waals surface area contributed by atoms with Gasteiger partial charge >= 0.3 is 0 Å². The first-order valence-electron chi connectivity index (χ1n) is 9.78. The van der Waals surface area contributed by atoms with Gasteiger partial charge < -0.3 is 5.32 Å². The first-order valence-corrected chi connectivity index (χ1v) is 11.3. The minimum atomic E-state index is -1.42. The van der Waals surface area contributed by atoms with E-state index in [9.17, 15) is 18.4 Å². The lowest BCUT2D eigenvalue weighted by molar-refractivity contribution is -0.117. The van der Waals surface area contributed by atoms with E-state index < -0.39 is 33.7 Å². The van der Waals surface area contributed by atoms with Crippen molar-refractivity contribution in [1.29, 1.82) is 0 Å². The molecule has 4 rings (SSSR count). The van der Waals surface area contributed by atoms with Crippen LogP contribution in [0.25, 0.3) is 0 Å². The number of amides is 1. The maximum atomic E-state index is 13.8. The highest BCUT2D eigenvalue weighted by Gasteiger charge is 2.67. The molecule has 2 atom stereocenters. The number of hydrogen-bond donors (Lipinski definition) is 1. The van der Waals surface area contributed by atoms with E-state index in [0.717, 1.165) is 0 Å². The zero-order valence-electron chi connectivity index (χ0n) is 16.7. The summed E-state index contributed by atoms with van der Waals surface area (Å²) >= 11 is 24.5. The average molecular weight is 529 g/mol. The van der Waals surface area contributed by atoms with Crippen LogP contribution >= 0.6 is 46.4 Å². The van der Waals surface area contributed by atoms with E-state index in [1.807, 2.05) is 0 Å². The average Bonchev–Trinajstić information content (AvgIpc) is 3.35. The van der Waals surface area contributed by atoms with Crippen molar-refractivity contribution < 1.29 is 18.4 Å². The number of nitrogens with one attached hydrogen (secondary N) is 1. The third kappa shape index (κ3) is 5.02. The molecule has 0 aromatic heterocycles. The molecule has 33 heavy (non-hydrogen) atoms. The lowest BCUT2D eigenvalue weighted by Gasteiger charge is -2.09. The van der Waals surface area contributed by atoms with Crippen molar-refractivity contribution in [3.05, 3.63) is 99.0 Å². The van der Waals surface area contributed by atoms with Crippen LogP contribution in [0.2, 0.25) is 10.0 Å². The van der Waals surface area contributed by atoms with Crippen LogP contribution in [0, 0.1) is 17.6 Å². The largest absolute Gasteiger partial charge is 0.326 e. The predicted molar refractivity (Wildman–Crippen MR) is 127 cm³/mol. The number of benzene rings is 3. The number of rotatable bonds is 6. The Labute approximate surface area is 208 Å². The molecule has 2 unspecified atom stereocenters. The molecule has 1 saturated carbocycles. The van der Waals surface area contributed by atoms with Gasteiger partial charge in [-0.3, -0.25) is 9.59 Å².